The Kier molecular flexibility index (Phi) is 3.51. The molecule has 82 valence electrons. The number of nitrogens with two attached hydrogens (primary N) is 1. The highest BCUT2D eigenvalue weighted by Crippen LogP contribution is 2.27. The van der Waals surface area contributed by atoms with Crippen molar-refractivity contribution in [2.24, 2.45) is 5.73 Å². The first kappa shape index (κ1) is 11.3. The van der Waals surface area contributed by atoms with Gasteiger partial charge in [-0.25, -0.2) is 4.79 Å². The number of hydrogen-bond donors (Lipinski definition) is 3. The molecule has 1 rings (SSSR count). The Morgan fingerprint density at radius 1 is 1.53 bits per heavy atom. The second-order valence-electron chi connectivity index (χ2n) is 2.97. The van der Waals surface area contributed by atoms with Gasteiger partial charge in [-0.05, 0) is 19.1 Å². The van der Waals surface area contributed by atoms with E-state index in [-0.39, 0.29) is 23.7 Å². The minimum Gasteiger partial charge on any atom is -0.508 e. The summed E-state index contributed by atoms with van der Waals surface area (Å²) in [5.74, 6) is -0.929. The summed E-state index contributed by atoms with van der Waals surface area (Å²) in [5, 5.41) is 18.5. The van der Waals surface area contributed by atoms with E-state index in [0.717, 1.165) is 6.07 Å². The molecule has 5 nitrogen and oxygen atoms in total. The van der Waals surface area contributed by atoms with E-state index in [0.29, 0.717) is 0 Å². The molecule has 0 aromatic heterocycles. The Morgan fingerprint density at radius 2 is 2.20 bits per heavy atom. The van der Waals surface area contributed by atoms with Gasteiger partial charge in [0.1, 0.15) is 17.5 Å². The fourth-order valence-corrected chi connectivity index (χ4v) is 1.15. The summed E-state index contributed by atoms with van der Waals surface area (Å²) in [5.41, 5.74) is 5.79. The summed E-state index contributed by atoms with van der Waals surface area (Å²) in [7, 11) is 0. The molecule has 1 aromatic carbocycles. The van der Waals surface area contributed by atoms with Crippen molar-refractivity contribution in [3.8, 4) is 11.5 Å². The third-order valence-corrected chi connectivity index (χ3v) is 1.89. The summed E-state index contributed by atoms with van der Waals surface area (Å²) in [6, 6.07) is 2.81. The van der Waals surface area contributed by atoms with E-state index in [2.05, 4.69) is 0 Å². The van der Waals surface area contributed by atoms with Crippen LogP contribution in [-0.4, -0.2) is 22.8 Å². The minimum atomic E-state index is -1.04. The Labute approximate surface area is 87.1 Å². The van der Waals surface area contributed by atoms with E-state index in [9.17, 15) is 9.90 Å². The van der Waals surface area contributed by atoms with Gasteiger partial charge in [0.15, 0.2) is 0 Å². The molecule has 0 bridgehead atoms. The number of phenols is 2. The smallest absolute Gasteiger partial charge is 0.327 e. The average molecular weight is 211 g/mol. The molecule has 1 unspecified atom stereocenters. The Hall–Kier alpha value is -1.75. The first-order valence-corrected chi connectivity index (χ1v) is 4.50. The maximum Gasteiger partial charge on any atom is 0.327 e. The molecular formula is C10H13NO4. The zero-order chi connectivity index (χ0) is 11.4. The number of phenolic OH excluding ortho intramolecular Hbond substituents is 2. The van der Waals surface area contributed by atoms with Gasteiger partial charge in [0.25, 0.3) is 0 Å². The van der Waals surface area contributed by atoms with Crippen molar-refractivity contribution < 1.29 is 19.7 Å². The summed E-state index contributed by atoms with van der Waals surface area (Å²) >= 11 is 0. The van der Waals surface area contributed by atoms with Crippen LogP contribution in [-0.2, 0) is 9.53 Å². The topological polar surface area (TPSA) is 92.8 Å². The molecule has 1 atom stereocenters. The van der Waals surface area contributed by atoms with Gasteiger partial charge in [-0.15, -0.1) is 0 Å². The van der Waals surface area contributed by atoms with Gasteiger partial charge >= 0.3 is 5.97 Å². The molecule has 0 heterocycles. The number of benzene rings is 1. The summed E-state index contributed by atoms with van der Waals surface area (Å²) in [6.07, 6.45) is 0. The average Bonchev–Trinajstić information content (AvgIpc) is 2.17. The fraction of sp³-hybridized carbons (Fsp3) is 0.300. The van der Waals surface area contributed by atoms with E-state index in [1.54, 1.807) is 6.92 Å². The van der Waals surface area contributed by atoms with Gasteiger partial charge < -0.3 is 20.7 Å². The Morgan fingerprint density at radius 3 is 2.73 bits per heavy atom. The van der Waals surface area contributed by atoms with Gasteiger partial charge in [-0.2, -0.15) is 0 Å². The zero-order valence-electron chi connectivity index (χ0n) is 8.30. The largest absolute Gasteiger partial charge is 0.508 e. The molecule has 5 heteroatoms. The molecular weight excluding hydrogens is 198 g/mol. The molecule has 0 radical (unpaired) electrons. The second-order valence-corrected chi connectivity index (χ2v) is 2.97. The summed E-state index contributed by atoms with van der Waals surface area (Å²) in [4.78, 5) is 11.3. The number of hydrogen-bond acceptors (Lipinski definition) is 5. The number of aromatic hydroxyl groups is 2. The quantitative estimate of drug-likeness (QED) is 0.639. The fourth-order valence-electron chi connectivity index (χ4n) is 1.15. The van der Waals surface area contributed by atoms with Crippen LogP contribution in [0, 0.1) is 0 Å². The van der Waals surface area contributed by atoms with Crippen LogP contribution < -0.4 is 5.73 Å². The number of carbonyl (C=O) groups is 1. The summed E-state index contributed by atoms with van der Waals surface area (Å²) in [6.45, 7) is 1.90. The summed E-state index contributed by atoms with van der Waals surface area (Å²) < 4.78 is 4.71. The molecule has 4 N–H and O–H groups in total. The molecule has 0 saturated heterocycles. The van der Waals surface area contributed by atoms with Crippen LogP contribution in [0.3, 0.4) is 0 Å². The van der Waals surface area contributed by atoms with E-state index in [1.807, 2.05) is 0 Å². The van der Waals surface area contributed by atoms with Gasteiger partial charge in [0, 0.05) is 11.6 Å². The van der Waals surface area contributed by atoms with Crippen LogP contribution in [0.5, 0.6) is 11.5 Å². The van der Waals surface area contributed by atoms with Crippen LogP contribution in [0.1, 0.15) is 18.5 Å². The predicted octanol–water partition coefficient (Wildman–Crippen LogP) is 0.661. The molecule has 1 aromatic rings. The van der Waals surface area contributed by atoms with Crippen LogP contribution in [0.2, 0.25) is 0 Å². The van der Waals surface area contributed by atoms with Crippen molar-refractivity contribution in [1.82, 2.24) is 0 Å². The maximum absolute atomic E-state index is 11.3. The lowest BCUT2D eigenvalue weighted by Crippen LogP contribution is -2.23. The van der Waals surface area contributed by atoms with Crippen molar-refractivity contribution >= 4 is 5.97 Å². The van der Waals surface area contributed by atoms with E-state index in [4.69, 9.17) is 15.6 Å². The van der Waals surface area contributed by atoms with E-state index in [1.165, 1.54) is 12.1 Å². The first-order valence-electron chi connectivity index (χ1n) is 4.50. The monoisotopic (exact) mass is 211 g/mol. The van der Waals surface area contributed by atoms with Gasteiger partial charge in [-0.3, -0.25) is 0 Å². The standard InChI is InChI=1S/C10H13NO4/c1-2-15-10(14)9(11)7-4-3-6(12)5-8(7)13/h3-5,9,12-13H,2,11H2,1H3. The Balaban J connectivity index is 2.91. The lowest BCUT2D eigenvalue weighted by atomic mass is 10.1. The Bertz CT molecular complexity index is 364. The van der Waals surface area contributed by atoms with Gasteiger partial charge in [0.05, 0.1) is 6.61 Å². The molecule has 0 saturated carbocycles. The van der Waals surface area contributed by atoms with Crippen molar-refractivity contribution in [3.63, 3.8) is 0 Å². The highest BCUT2D eigenvalue weighted by molar-refractivity contribution is 5.78. The second kappa shape index (κ2) is 4.65. The zero-order valence-corrected chi connectivity index (χ0v) is 8.30. The van der Waals surface area contributed by atoms with Crippen LogP contribution >= 0.6 is 0 Å². The molecule has 0 spiro atoms. The SMILES string of the molecule is CCOC(=O)C(N)c1ccc(O)cc1O. The van der Waals surface area contributed by atoms with Crippen LogP contribution in [0.25, 0.3) is 0 Å². The van der Waals surface area contributed by atoms with E-state index >= 15 is 0 Å². The molecule has 0 fully saturated rings. The number of rotatable bonds is 3. The first-order chi connectivity index (χ1) is 7.06. The van der Waals surface area contributed by atoms with Crippen LogP contribution in [0.15, 0.2) is 18.2 Å². The van der Waals surface area contributed by atoms with E-state index < -0.39 is 12.0 Å². The molecule has 0 aliphatic heterocycles. The highest BCUT2D eigenvalue weighted by Gasteiger charge is 2.20. The van der Waals surface area contributed by atoms with Crippen molar-refractivity contribution in [1.29, 1.82) is 0 Å². The van der Waals surface area contributed by atoms with Gasteiger partial charge in [-0.1, -0.05) is 0 Å². The normalized spacial score (nSPS) is 12.1. The third kappa shape index (κ3) is 2.60. The third-order valence-electron chi connectivity index (χ3n) is 1.89. The molecule has 15 heavy (non-hydrogen) atoms. The van der Waals surface area contributed by atoms with Crippen molar-refractivity contribution in [2.45, 2.75) is 13.0 Å². The highest BCUT2D eigenvalue weighted by atomic mass is 16.5. The van der Waals surface area contributed by atoms with Crippen LogP contribution in [0.4, 0.5) is 0 Å². The molecule has 0 aliphatic rings. The minimum absolute atomic E-state index is 0.0905. The number of esters is 1. The molecule has 0 aliphatic carbocycles. The van der Waals surface area contributed by atoms with Gasteiger partial charge in [0.2, 0.25) is 0 Å². The van der Waals surface area contributed by atoms with Crippen molar-refractivity contribution in [3.05, 3.63) is 23.8 Å². The lowest BCUT2D eigenvalue weighted by molar-refractivity contribution is -0.144. The lowest BCUT2D eigenvalue weighted by Gasteiger charge is -2.12. The number of ether oxygens (including phenoxy) is 1. The number of carbonyl (C=O) groups excluding carboxylic acids is 1. The maximum atomic E-state index is 11.3. The van der Waals surface area contributed by atoms with Crippen molar-refractivity contribution in [2.75, 3.05) is 6.61 Å². The molecule has 0 amide bonds. The predicted molar refractivity (Wildman–Crippen MR) is 53.3 cm³/mol.